The van der Waals surface area contributed by atoms with Gasteiger partial charge in [-0.3, -0.25) is 9.59 Å². The van der Waals surface area contributed by atoms with Gasteiger partial charge in [0.2, 0.25) is 0 Å². The predicted octanol–water partition coefficient (Wildman–Crippen LogP) is -2.63. The molecular weight excluding hydrogens is 304 g/mol. The number of carboxylic acids is 2. The Bertz CT molecular complexity index is 370. The Morgan fingerprint density at radius 2 is 1.64 bits per heavy atom. The fourth-order valence-corrected chi connectivity index (χ4v) is 2.04. The van der Waals surface area contributed by atoms with Gasteiger partial charge in [-0.25, -0.2) is 0 Å². The highest BCUT2D eigenvalue weighted by Crippen LogP contribution is 2.22. The van der Waals surface area contributed by atoms with E-state index >= 15 is 0 Å². The molecule has 1 rings (SSSR count). The summed E-state index contributed by atoms with van der Waals surface area (Å²) < 4.78 is 10.2. The van der Waals surface area contributed by atoms with Gasteiger partial charge in [0.25, 0.3) is 0 Å². The van der Waals surface area contributed by atoms with Crippen molar-refractivity contribution < 1.29 is 49.7 Å². The van der Waals surface area contributed by atoms with E-state index in [9.17, 15) is 24.9 Å². The van der Waals surface area contributed by atoms with Gasteiger partial charge < -0.3 is 40.1 Å². The molecule has 0 radical (unpaired) electrons. The molecule has 0 bridgehead atoms. The Balaban J connectivity index is 2.43. The summed E-state index contributed by atoms with van der Waals surface area (Å²) in [4.78, 5) is 21.3. The topological polar surface area (TPSA) is 174 Å². The van der Waals surface area contributed by atoms with Crippen molar-refractivity contribution in [2.45, 2.75) is 43.5 Å². The number of carbonyl (C=O) groups is 2. The van der Waals surface area contributed by atoms with Crippen molar-refractivity contribution in [2.75, 3.05) is 13.2 Å². The van der Waals surface area contributed by atoms with Crippen molar-refractivity contribution in [3.05, 3.63) is 0 Å². The van der Waals surface area contributed by atoms with Crippen LogP contribution in [0.5, 0.6) is 0 Å². The lowest BCUT2D eigenvalue weighted by Crippen LogP contribution is -2.59. The molecule has 0 aromatic heterocycles. The van der Waals surface area contributed by atoms with Crippen LogP contribution in [0.25, 0.3) is 0 Å². The summed E-state index contributed by atoms with van der Waals surface area (Å²) in [5.41, 5.74) is 0. The molecule has 128 valence electrons. The van der Waals surface area contributed by atoms with Crippen LogP contribution in [0, 0.1) is 5.92 Å². The first kappa shape index (κ1) is 18.7. The number of hydrogen-bond donors (Lipinski definition) is 6. The van der Waals surface area contributed by atoms with Crippen molar-refractivity contribution in [1.82, 2.24) is 0 Å². The normalized spacial score (nSPS) is 32.1. The maximum atomic E-state index is 10.7. The maximum absolute atomic E-state index is 10.7. The largest absolute Gasteiger partial charge is 0.481 e. The maximum Gasteiger partial charge on any atom is 0.317 e. The highest BCUT2D eigenvalue weighted by molar-refractivity contribution is 5.92. The molecule has 1 aliphatic rings. The van der Waals surface area contributed by atoms with Crippen LogP contribution >= 0.6 is 0 Å². The summed E-state index contributed by atoms with van der Waals surface area (Å²) in [6.07, 6.45) is -7.14. The van der Waals surface area contributed by atoms with Gasteiger partial charge in [0.1, 0.15) is 24.4 Å². The zero-order chi connectivity index (χ0) is 16.9. The number of aliphatic hydroxyl groups excluding tert-OH is 4. The van der Waals surface area contributed by atoms with E-state index in [1.54, 1.807) is 0 Å². The minimum absolute atomic E-state index is 0.0677. The summed E-state index contributed by atoms with van der Waals surface area (Å²) in [5.74, 6) is -4.47. The average molecular weight is 324 g/mol. The van der Waals surface area contributed by atoms with Crippen LogP contribution in [-0.2, 0) is 19.1 Å². The Hall–Kier alpha value is -1.30. The third kappa shape index (κ3) is 4.60. The number of aliphatic carboxylic acids is 2. The molecule has 10 nitrogen and oxygen atoms in total. The lowest BCUT2D eigenvalue weighted by molar-refractivity contribution is -0.301. The summed E-state index contributed by atoms with van der Waals surface area (Å²) in [7, 11) is 0. The molecule has 0 saturated carbocycles. The van der Waals surface area contributed by atoms with E-state index in [-0.39, 0.29) is 19.4 Å². The summed E-state index contributed by atoms with van der Waals surface area (Å²) >= 11 is 0. The van der Waals surface area contributed by atoms with Crippen molar-refractivity contribution in [1.29, 1.82) is 0 Å². The Morgan fingerprint density at radius 1 is 1.05 bits per heavy atom. The fourth-order valence-electron chi connectivity index (χ4n) is 2.04. The standard InChI is InChI=1S/C12H20O10/c13-4-6-7(14)8(15)9(16)12(22-6)21-3-1-2-5(10(17)18)11(19)20/h5-9,12-16H,1-4H2,(H,17,18)(H,19,20)/t6-,7+,8+,9-,12+/m1/s1. The molecule has 1 fully saturated rings. The summed E-state index contributed by atoms with van der Waals surface area (Å²) in [6.45, 7) is -0.718. The Labute approximate surface area is 125 Å². The van der Waals surface area contributed by atoms with Crippen LogP contribution in [0.1, 0.15) is 12.8 Å². The molecule has 1 aliphatic heterocycles. The molecule has 0 unspecified atom stereocenters. The van der Waals surface area contributed by atoms with Gasteiger partial charge in [0, 0.05) is 6.61 Å². The van der Waals surface area contributed by atoms with E-state index in [0.717, 1.165) is 0 Å². The van der Waals surface area contributed by atoms with Crippen LogP contribution < -0.4 is 0 Å². The number of rotatable bonds is 8. The third-order valence-electron chi connectivity index (χ3n) is 3.36. The predicted molar refractivity (Wildman–Crippen MR) is 67.7 cm³/mol. The fraction of sp³-hybridized carbons (Fsp3) is 0.833. The van der Waals surface area contributed by atoms with E-state index in [0.29, 0.717) is 0 Å². The molecule has 0 spiro atoms. The molecular formula is C12H20O10. The van der Waals surface area contributed by atoms with Gasteiger partial charge in [-0.15, -0.1) is 0 Å². The second kappa shape index (κ2) is 8.36. The summed E-state index contributed by atoms with van der Waals surface area (Å²) in [6, 6.07) is 0. The summed E-state index contributed by atoms with van der Waals surface area (Å²) in [5, 5.41) is 55.1. The first-order valence-electron chi connectivity index (χ1n) is 6.67. The minimum Gasteiger partial charge on any atom is -0.481 e. The molecule has 1 saturated heterocycles. The van der Waals surface area contributed by atoms with Crippen molar-refractivity contribution in [3.63, 3.8) is 0 Å². The number of aliphatic hydroxyl groups is 4. The first-order valence-corrected chi connectivity index (χ1v) is 6.67. The molecule has 0 amide bonds. The Kier molecular flexibility index (Phi) is 7.13. The molecule has 5 atom stereocenters. The van der Waals surface area contributed by atoms with Crippen molar-refractivity contribution >= 4 is 11.9 Å². The SMILES string of the molecule is O=C(O)C(CCCO[C@H]1O[C@H](CO)[C@H](O)[C@H](O)[C@H]1O)C(=O)O. The van der Waals surface area contributed by atoms with Gasteiger partial charge in [-0.2, -0.15) is 0 Å². The van der Waals surface area contributed by atoms with Gasteiger partial charge in [-0.05, 0) is 12.8 Å². The van der Waals surface area contributed by atoms with Gasteiger partial charge in [0.15, 0.2) is 12.2 Å². The van der Waals surface area contributed by atoms with Crippen LogP contribution in [-0.4, -0.2) is 86.5 Å². The minimum atomic E-state index is -1.57. The zero-order valence-electron chi connectivity index (χ0n) is 11.6. The van der Waals surface area contributed by atoms with Crippen LogP contribution in [0.2, 0.25) is 0 Å². The monoisotopic (exact) mass is 324 g/mol. The highest BCUT2D eigenvalue weighted by Gasteiger charge is 2.43. The smallest absolute Gasteiger partial charge is 0.317 e. The van der Waals surface area contributed by atoms with E-state index in [2.05, 4.69) is 0 Å². The average Bonchev–Trinajstić information content (AvgIpc) is 2.45. The third-order valence-corrected chi connectivity index (χ3v) is 3.36. The van der Waals surface area contributed by atoms with Crippen molar-refractivity contribution in [2.24, 2.45) is 5.92 Å². The quantitative estimate of drug-likeness (QED) is 0.205. The molecule has 0 aliphatic carbocycles. The van der Waals surface area contributed by atoms with Gasteiger partial charge >= 0.3 is 11.9 Å². The Morgan fingerprint density at radius 3 is 2.14 bits per heavy atom. The molecule has 1 heterocycles. The lowest BCUT2D eigenvalue weighted by atomic mass is 9.99. The van der Waals surface area contributed by atoms with Crippen molar-refractivity contribution in [3.8, 4) is 0 Å². The first-order chi connectivity index (χ1) is 10.3. The lowest BCUT2D eigenvalue weighted by Gasteiger charge is -2.39. The van der Waals surface area contributed by atoms with Crippen LogP contribution in [0.3, 0.4) is 0 Å². The molecule has 0 aromatic carbocycles. The van der Waals surface area contributed by atoms with Gasteiger partial charge in [0.05, 0.1) is 6.61 Å². The van der Waals surface area contributed by atoms with Crippen LogP contribution in [0.15, 0.2) is 0 Å². The molecule has 6 N–H and O–H groups in total. The van der Waals surface area contributed by atoms with Gasteiger partial charge in [-0.1, -0.05) is 0 Å². The van der Waals surface area contributed by atoms with Crippen LogP contribution in [0.4, 0.5) is 0 Å². The number of ether oxygens (including phenoxy) is 2. The van der Waals surface area contributed by atoms with E-state index in [1.807, 2.05) is 0 Å². The molecule has 0 aromatic rings. The van der Waals surface area contributed by atoms with E-state index < -0.39 is 55.2 Å². The number of carboxylic acid groups (broad SMARTS) is 2. The number of hydrogen-bond acceptors (Lipinski definition) is 8. The zero-order valence-corrected chi connectivity index (χ0v) is 11.6. The molecule has 10 heteroatoms. The van der Waals surface area contributed by atoms with E-state index in [4.69, 9.17) is 24.8 Å². The van der Waals surface area contributed by atoms with E-state index in [1.165, 1.54) is 0 Å². The second-order valence-corrected chi connectivity index (χ2v) is 4.94. The highest BCUT2D eigenvalue weighted by atomic mass is 16.7. The second-order valence-electron chi connectivity index (χ2n) is 4.94. The molecule has 22 heavy (non-hydrogen) atoms.